The lowest BCUT2D eigenvalue weighted by molar-refractivity contribution is -0.138. The molecule has 0 unspecified atom stereocenters. The summed E-state index contributed by atoms with van der Waals surface area (Å²) in [7, 11) is 0. The highest BCUT2D eigenvalue weighted by atomic mass is 19.4. The van der Waals surface area contributed by atoms with Crippen LogP contribution < -0.4 is 5.32 Å². The summed E-state index contributed by atoms with van der Waals surface area (Å²) in [6, 6.07) is 2.30. The number of hydrogen-bond donors (Lipinski definition) is 2. The van der Waals surface area contributed by atoms with E-state index in [0.29, 0.717) is 6.07 Å². The Kier molecular flexibility index (Phi) is 6.57. The molecule has 0 aliphatic carbocycles. The maximum Gasteiger partial charge on any atom is 0.419 e. The second-order valence-electron chi connectivity index (χ2n) is 9.16. The van der Waals surface area contributed by atoms with Crippen LogP contribution in [0, 0.1) is 0 Å². The van der Waals surface area contributed by atoms with Crippen molar-refractivity contribution in [1.82, 2.24) is 10.2 Å². The molecule has 1 aromatic rings. The summed E-state index contributed by atoms with van der Waals surface area (Å²) in [5.41, 5.74) is -5.25. The van der Waals surface area contributed by atoms with Gasteiger partial charge < -0.3 is 19.9 Å². The molecule has 2 rings (SSSR count). The van der Waals surface area contributed by atoms with E-state index in [1.165, 1.54) is 6.92 Å². The highest BCUT2D eigenvalue weighted by Crippen LogP contribution is 2.37. The fourth-order valence-corrected chi connectivity index (χ4v) is 3.33. The molecule has 1 fully saturated rings. The van der Waals surface area contributed by atoms with Gasteiger partial charge in [0.15, 0.2) is 5.78 Å². The molecule has 0 bridgehead atoms. The molecule has 0 saturated carbocycles. The zero-order valence-electron chi connectivity index (χ0n) is 18.7. The fourth-order valence-electron chi connectivity index (χ4n) is 3.33. The Morgan fingerprint density at radius 1 is 1.19 bits per heavy atom. The number of ketones is 1. The molecule has 1 aliphatic heterocycles. The van der Waals surface area contributed by atoms with Crippen LogP contribution in [0.15, 0.2) is 18.2 Å². The van der Waals surface area contributed by atoms with E-state index in [1.54, 1.807) is 34.6 Å². The van der Waals surface area contributed by atoms with Crippen LogP contribution in [0.2, 0.25) is 0 Å². The molecule has 1 saturated heterocycles. The molecule has 8 nitrogen and oxygen atoms in total. The summed E-state index contributed by atoms with van der Waals surface area (Å²) >= 11 is 0. The van der Waals surface area contributed by atoms with Crippen molar-refractivity contribution < 1.29 is 42.1 Å². The first kappa shape index (κ1) is 25.4. The highest BCUT2D eigenvalue weighted by Gasteiger charge is 2.57. The van der Waals surface area contributed by atoms with Crippen molar-refractivity contribution in [1.29, 1.82) is 0 Å². The SMILES string of the molecule is CC(C)(C)OC(=O)N1C(C)(C)OC[C@]1(C)C(=O)NCC(=O)c1ccc(O)c(C(F)(F)F)c1. The van der Waals surface area contributed by atoms with Crippen LogP contribution >= 0.6 is 0 Å². The van der Waals surface area contributed by atoms with E-state index in [2.05, 4.69) is 5.32 Å². The van der Waals surface area contributed by atoms with E-state index < -0.39 is 58.7 Å². The van der Waals surface area contributed by atoms with Crippen molar-refractivity contribution in [3.63, 3.8) is 0 Å². The molecule has 1 heterocycles. The van der Waals surface area contributed by atoms with Gasteiger partial charge in [0.1, 0.15) is 22.6 Å². The monoisotopic (exact) mass is 460 g/mol. The number of rotatable bonds is 4. The molecule has 0 radical (unpaired) electrons. The molecule has 2 N–H and O–H groups in total. The Morgan fingerprint density at radius 3 is 2.31 bits per heavy atom. The van der Waals surface area contributed by atoms with E-state index in [-0.39, 0.29) is 12.2 Å². The van der Waals surface area contributed by atoms with Crippen molar-refractivity contribution in [3.8, 4) is 5.75 Å². The van der Waals surface area contributed by atoms with Crippen molar-refractivity contribution in [2.45, 2.75) is 64.6 Å². The molecule has 1 aliphatic rings. The minimum Gasteiger partial charge on any atom is -0.507 e. The van der Waals surface area contributed by atoms with Crippen LogP contribution in [0.3, 0.4) is 0 Å². The molecule has 1 aromatic carbocycles. The van der Waals surface area contributed by atoms with Gasteiger partial charge >= 0.3 is 12.3 Å². The number of alkyl halides is 3. The number of benzene rings is 1. The molecule has 11 heteroatoms. The van der Waals surface area contributed by atoms with Gasteiger partial charge in [0.2, 0.25) is 5.91 Å². The summed E-state index contributed by atoms with van der Waals surface area (Å²) in [5.74, 6) is -2.56. The Hall–Kier alpha value is -2.82. The normalized spacial score (nSPS) is 20.7. The number of halogens is 3. The lowest BCUT2D eigenvalue weighted by Gasteiger charge is -2.39. The van der Waals surface area contributed by atoms with Crippen LogP contribution in [0.5, 0.6) is 5.75 Å². The largest absolute Gasteiger partial charge is 0.507 e. The van der Waals surface area contributed by atoms with Crippen LogP contribution in [0.25, 0.3) is 0 Å². The van der Waals surface area contributed by atoms with E-state index >= 15 is 0 Å². The first-order valence-electron chi connectivity index (χ1n) is 9.77. The van der Waals surface area contributed by atoms with Gasteiger partial charge in [-0.1, -0.05) is 0 Å². The highest BCUT2D eigenvalue weighted by molar-refractivity contribution is 6.01. The molecule has 32 heavy (non-hydrogen) atoms. The number of carbonyl (C=O) groups excluding carboxylic acids is 3. The third kappa shape index (κ3) is 5.32. The van der Waals surface area contributed by atoms with Gasteiger partial charge in [-0.3, -0.25) is 14.5 Å². The van der Waals surface area contributed by atoms with Crippen molar-refractivity contribution in [2.75, 3.05) is 13.2 Å². The smallest absolute Gasteiger partial charge is 0.419 e. The summed E-state index contributed by atoms with van der Waals surface area (Å²) in [6.45, 7) is 8.78. The van der Waals surface area contributed by atoms with Crippen molar-refractivity contribution in [3.05, 3.63) is 29.3 Å². The van der Waals surface area contributed by atoms with Crippen molar-refractivity contribution in [2.24, 2.45) is 0 Å². The summed E-state index contributed by atoms with van der Waals surface area (Å²) in [5, 5.41) is 11.8. The van der Waals surface area contributed by atoms with Gasteiger partial charge in [0.25, 0.3) is 0 Å². The Labute approximate surface area is 183 Å². The predicted molar refractivity (Wildman–Crippen MR) is 107 cm³/mol. The van der Waals surface area contributed by atoms with Gasteiger partial charge in [-0.05, 0) is 59.7 Å². The molecule has 2 amide bonds. The second kappa shape index (κ2) is 8.27. The van der Waals surface area contributed by atoms with Gasteiger partial charge in [-0.15, -0.1) is 0 Å². The minimum absolute atomic E-state index is 0.184. The number of carbonyl (C=O) groups is 3. The van der Waals surface area contributed by atoms with E-state index in [4.69, 9.17) is 9.47 Å². The van der Waals surface area contributed by atoms with Crippen molar-refractivity contribution >= 4 is 17.8 Å². The summed E-state index contributed by atoms with van der Waals surface area (Å²) in [6.07, 6.45) is -5.64. The quantitative estimate of drug-likeness (QED) is 0.667. The molecular formula is C21H27F3N2O6. The van der Waals surface area contributed by atoms with E-state index in [0.717, 1.165) is 17.0 Å². The Balaban J connectivity index is 2.19. The summed E-state index contributed by atoms with van der Waals surface area (Å²) in [4.78, 5) is 39.2. The molecule has 1 atom stereocenters. The Morgan fingerprint density at radius 2 is 1.78 bits per heavy atom. The maximum absolute atomic E-state index is 13.0. The average molecular weight is 460 g/mol. The van der Waals surface area contributed by atoms with Crippen LogP contribution in [-0.4, -0.2) is 57.8 Å². The lowest BCUT2D eigenvalue weighted by Crippen LogP contribution is -2.62. The molecular weight excluding hydrogens is 433 g/mol. The Bertz CT molecular complexity index is 923. The molecule has 0 spiro atoms. The third-order valence-electron chi connectivity index (χ3n) is 4.84. The first-order valence-corrected chi connectivity index (χ1v) is 9.77. The average Bonchev–Trinajstić information content (AvgIpc) is 2.87. The number of nitrogens with one attached hydrogen (secondary N) is 1. The molecule has 178 valence electrons. The number of phenols is 1. The molecule has 0 aromatic heterocycles. The number of ether oxygens (including phenoxy) is 2. The number of aromatic hydroxyl groups is 1. The number of nitrogens with zero attached hydrogens (tertiary/aromatic N) is 1. The zero-order chi connectivity index (χ0) is 24.7. The third-order valence-corrected chi connectivity index (χ3v) is 4.84. The maximum atomic E-state index is 13.0. The van der Waals surface area contributed by atoms with Gasteiger partial charge in [0.05, 0.1) is 18.7 Å². The predicted octanol–water partition coefficient (Wildman–Crippen LogP) is 3.47. The standard InChI is InChI=1S/C21H27F3N2O6/c1-18(2,3)32-17(30)26-19(4,5)31-11-20(26,6)16(29)25-10-15(28)12-7-8-14(27)13(9-12)21(22,23)24/h7-9,27H,10-11H2,1-6H3,(H,25,29)/t20-/m1/s1. The number of hydrogen-bond acceptors (Lipinski definition) is 6. The van der Waals surface area contributed by atoms with Gasteiger partial charge in [0, 0.05) is 5.56 Å². The number of amides is 2. The lowest BCUT2D eigenvalue weighted by atomic mass is 9.99. The number of phenolic OH excluding ortho intramolecular Hbond substituents is 1. The second-order valence-corrected chi connectivity index (χ2v) is 9.16. The number of Topliss-reactive ketones (excluding diaryl/α,β-unsaturated/α-hetero) is 1. The first-order chi connectivity index (χ1) is 14.4. The summed E-state index contributed by atoms with van der Waals surface area (Å²) < 4.78 is 49.9. The van der Waals surface area contributed by atoms with Crippen LogP contribution in [0.1, 0.15) is 57.5 Å². The minimum atomic E-state index is -4.85. The van der Waals surface area contributed by atoms with Gasteiger partial charge in [-0.2, -0.15) is 13.2 Å². The van der Waals surface area contributed by atoms with Crippen LogP contribution in [0.4, 0.5) is 18.0 Å². The van der Waals surface area contributed by atoms with Crippen LogP contribution in [-0.2, 0) is 20.4 Å². The zero-order valence-corrected chi connectivity index (χ0v) is 18.7. The van der Waals surface area contributed by atoms with E-state index in [9.17, 15) is 32.7 Å². The topological polar surface area (TPSA) is 105 Å². The van der Waals surface area contributed by atoms with E-state index in [1.807, 2.05) is 0 Å². The van der Waals surface area contributed by atoms with Gasteiger partial charge in [-0.25, -0.2) is 4.79 Å². The fraction of sp³-hybridized carbons (Fsp3) is 0.571.